The first-order chi connectivity index (χ1) is 15.3. The summed E-state index contributed by atoms with van der Waals surface area (Å²) in [6.45, 7) is 0. The number of carbonyl (C=O) groups is 3. The van der Waals surface area contributed by atoms with Crippen LogP contribution in [-0.4, -0.2) is 35.8 Å². The van der Waals surface area contributed by atoms with Crippen molar-refractivity contribution >= 4 is 62.1 Å². The largest absolute Gasteiger partial charge is 0.495 e. The number of hydrogen-bond donors (Lipinski definition) is 2. The Bertz CT molecular complexity index is 1280. The molecule has 3 aromatic rings. The number of carbonyl (C=O) groups excluding carboxylic acids is 3. The number of halogens is 1. The first-order valence-corrected chi connectivity index (χ1v) is 10.4. The van der Waals surface area contributed by atoms with Gasteiger partial charge in [-0.1, -0.05) is 29.8 Å². The first-order valence-electron chi connectivity index (χ1n) is 9.24. The van der Waals surface area contributed by atoms with Gasteiger partial charge >= 0.3 is 0 Å². The van der Waals surface area contributed by atoms with E-state index in [0.29, 0.717) is 5.02 Å². The molecule has 164 valence electrons. The van der Waals surface area contributed by atoms with Gasteiger partial charge in [0.25, 0.3) is 17.5 Å². The maximum Gasteiger partial charge on any atom is 0.277 e. The number of nitrogens with one attached hydrogen (secondary N) is 2. The van der Waals surface area contributed by atoms with Crippen molar-refractivity contribution in [3.8, 4) is 5.75 Å². The van der Waals surface area contributed by atoms with Crippen LogP contribution in [0.5, 0.6) is 5.75 Å². The van der Waals surface area contributed by atoms with Crippen molar-refractivity contribution in [1.29, 1.82) is 0 Å². The third kappa shape index (κ3) is 3.77. The van der Waals surface area contributed by atoms with Crippen LogP contribution >= 0.6 is 22.9 Å². The van der Waals surface area contributed by atoms with Crippen molar-refractivity contribution in [2.45, 2.75) is 12.5 Å². The lowest BCUT2D eigenvalue weighted by atomic mass is 10.2. The quantitative estimate of drug-likeness (QED) is 0.319. The number of hydrogen-bond acceptors (Lipinski definition) is 8. The van der Waals surface area contributed by atoms with Gasteiger partial charge < -0.3 is 4.74 Å². The number of benzene rings is 2. The SMILES string of the molecule is COc1ccc([N+](=O)[O-])cc1N1C(=O)C[C@@H](NNC(=O)c2sc3ccccc3c2Cl)C1=O. The van der Waals surface area contributed by atoms with E-state index in [9.17, 15) is 24.5 Å². The van der Waals surface area contributed by atoms with Crippen molar-refractivity contribution in [1.82, 2.24) is 10.9 Å². The second-order valence-corrected chi connectivity index (χ2v) is 8.21. The van der Waals surface area contributed by atoms with Crippen LogP contribution in [-0.2, 0) is 9.59 Å². The average molecular weight is 475 g/mol. The molecule has 32 heavy (non-hydrogen) atoms. The van der Waals surface area contributed by atoms with Gasteiger partial charge in [-0.25, -0.2) is 10.3 Å². The molecule has 0 spiro atoms. The fourth-order valence-electron chi connectivity index (χ4n) is 3.33. The first kappa shape index (κ1) is 21.7. The summed E-state index contributed by atoms with van der Waals surface area (Å²) in [5.74, 6) is -1.71. The zero-order valence-electron chi connectivity index (χ0n) is 16.5. The predicted molar refractivity (Wildman–Crippen MR) is 118 cm³/mol. The summed E-state index contributed by atoms with van der Waals surface area (Å²) >= 11 is 7.50. The second kappa shape index (κ2) is 8.54. The summed E-state index contributed by atoms with van der Waals surface area (Å²) in [6, 6.07) is 9.80. The number of nitro groups is 1. The fraction of sp³-hybridized carbons (Fsp3) is 0.150. The molecular weight excluding hydrogens is 460 g/mol. The molecule has 4 rings (SSSR count). The normalized spacial score (nSPS) is 15.9. The lowest BCUT2D eigenvalue weighted by Crippen LogP contribution is -2.48. The Morgan fingerprint density at radius 1 is 1.28 bits per heavy atom. The minimum atomic E-state index is -1.07. The molecule has 0 saturated carbocycles. The number of amides is 3. The Morgan fingerprint density at radius 2 is 2.03 bits per heavy atom. The van der Waals surface area contributed by atoms with Crippen LogP contribution in [0.25, 0.3) is 10.1 Å². The van der Waals surface area contributed by atoms with Gasteiger partial charge in [0.15, 0.2) is 0 Å². The van der Waals surface area contributed by atoms with Gasteiger partial charge in [-0.2, -0.15) is 0 Å². The monoisotopic (exact) mass is 474 g/mol. The van der Waals surface area contributed by atoms with E-state index in [1.54, 1.807) is 12.1 Å². The van der Waals surface area contributed by atoms with Crippen molar-refractivity contribution in [3.05, 3.63) is 62.5 Å². The fourth-order valence-corrected chi connectivity index (χ4v) is 4.75. The third-order valence-electron chi connectivity index (χ3n) is 4.86. The topological polar surface area (TPSA) is 131 Å². The molecule has 1 atom stereocenters. The zero-order chi connectivity index (χ0) is 23.0. The lowest BCUT2D eigenvalue weighted by Gasteiger charge is -2.18. The maximum atomic E-state index is 12.9. The molecule has 0 aliphatic carbocycles. The second-order valence-electron chi connectivity index (χ2n) is 6.78. The van der Waals surface area contributed by atoms with E-state index in [-0.39, 0.29) is 28.4 Å². The maximum absolute atomic E-state index is 12.9. The lowest BCUT2D eigenvalue weighted by molar-refractivity contribution is -0.384. The molecule has 10 nitrogen and oxygen atoms in total. The van der Waals surface area contributed by atoms with Crippen LogP contribution in [0, 0.1) is 10.1 Å². The highest BCUT2D eigenvalue weighted by atomic mass is 35.5. The number of fused-ring (bicyclic) bond motifs is 1. The third-order valence-corrected chi connectivity index (χ3v) is 6.54. The van der Waals surface area contributed by atoms with Crippen LogP contribution < -0.4 is 20.5 Å². The highest BCUT2D eigenvalue weighted by Gasteiger charge is 2.41. The average Bonchev–Trinajstić information content (AvgIpc) is 3.27. The summed E-state index contributed by atoms with van der Waals surface area (Å²) < 4.78 is 5.98. The van der Waals surface area contributed by atoms with E-state index in [0.717, 1.165) is 21.1 Å². The minimum Gasteiger partial charge on any atom is -0.495 e. The van der Waals surface area contributed by atoms with E-state index in [1.165, 1.54) is 30.6 Å². The van der Waals surface area contributed by atoms with Crippen LogP contribution in [0.2, 0.25) is 5.02 Å². The number of anilines is 1. The molecule has 2 N–H and O–H groups in total. The van der Waals surface area contributed by atoms with E-state index >= 15 is 0 Å². The van der Waals surface area contributed by atoms with E-state index in [2.05, 4.69) is 10.9 Å². The zero-order valence-corrected chi connectivity index (χ0v) is 18.0. The molecule has 1 fully saturated rings. The van der Waals surface area contributed by atoms with Crippen LogP contribution in [0.1, 0.15) is 16.1 Å². The van der Waals surface area contributed by atoms with Crippen molar-refractivity contribution in [2.24, 2.45) is 0 Å². The molecule has 12 heteroatoms. The highest BCUT2D eigenvalue weighted by molar-refractivity contribution is 7.21. The molecule has 3 amide bonds. The molecule has 1 aliphatic heterocycles. The summed E-state index contributed by atoms with van der Waals surface area (Å²) in [5.41, 5.74) is 4.65. The van der Waals surface area contributed by atoms with Crippen molar-refractivity contribution in [2.75, 3.05) is 12.0 Å². The van der Waals surface area contributed by atoms with E-state index < -0.39 is 28.7 Å². The highest BCUT2D eigenvalue weighted by Crippen LogP contribution is 2.36. The number of rotatable bonds is 6. The summed E-state index contributed by atoms with van der Waals surface area (Å²) in [5, 5.41) is 12.1. The molecule has 0 bridgehead atoms. The number of ether oxygens (including phenoxy) is 1. The molecule has 2 aromatic carbocycles. The van der Waals surface area contributed by atoms with Crippen LogP contribution in [0.15, 0.2) is 42.5 Å². The predicted octanol–water partition coefficient (Wildman–Crippen LogP) is 3.04. The molecule has 1 aliphatic rings. The summed E-state index contributed by atoms with van der Waals surface area (Å²) in [4.78, 5) is 49.5. The number of thiophene rings is 1. The molecule has 2 heterocycles. The number of hydrazine groups is 1. The Hall–Kier alpha value is -3.54. The van der Waals surface area contributed by atoms with Gasteiger partial charge in [0, 0.05) is 22.2 Å². The Morgan fingerprint density at radius 3 is 2.72 bits per heavy atom. The van der Waals surface area contributed by atoms with Crippen LogP contribution in [0.3, 0.4) is 0 Å². The molecule has 1 aromatic heterocycles. The Kier molecular flexibility index (Phi) is 5.78. The number of non-ortho nitro benzene ring substituents is 1. The number of methoxy groups -OCH3 is 1. The molecular formula is C20H15ClN4O6S. The van der Waals surface area contributed by atoms with Crippen molar-refractivity contribution in [3.63, 3.8) is 0 Å². The number of imide groups is 1. The van der Waals surface area contributed by atoms with Crippen molar-refractivity contribution < 1.29 is 24.0 Å². The van der Waals surface area contributed by atoms with Gasteiger partial charge in [0.05, 0.1) is 23.5 Å². The Balaban J connectivity index is 1.52. The van der Waals surface area contributed by atoms with Crippen LogP contribution in [0.4, 0.5) is 11.4 Å². The summed E-state index contributed by atoms with van der Waals surface area (Å²) in [7, 11) is 1.32. The number of nitrogens with zero attached hydrogens (tertiary/aromatic N) is 2. The number of nitro benzene ring substituents is 1. The molecule has 0 unspecified atom stereocenters. The molecule has 0 radical (unpaired) electrons. The van der Waals surface area contributed by atoms with Gasteiger partial charge in [-0.3, -0.25) is 29.9 Å². The van der Waals surface area contributed by atoms with E-state index in [1.807, 2.05) is 12.1 Å². The Labute approximate surface area is 189 Å². The minimum absolute atomic E-state index is 0.0418. The van der Waals surface area contributed by atoms with Gasteiger partial charge in [0.1, 0.15) is 22.4 Å². The van der Waals surface area contributed by atoms with Gasteiger partial charge in [-0.15, -0.1) is 11.3 Å². The van der Waals surface area contributed by atoms with Gasteiger partial charge in [0.2, 0.25) is 5.91 Å². The smallest absolute Gasteiger partial charge is 0.277 e. The van der Waals surface area contributed by atoms with E-state index in [4.69, 9.17) is 16.3 Å². The summed E-state index contributed by atoms with van der Waals surface area (Å²) in [6.07, 6.45) is -0.259. The standard InChI is InChI=1S/C20H15ClN4O6S/c1-31-14-7-6-10(25(29)30)8-13(14)24-16(26)9-12(20(24)28)22-23-19(27)18-17(21)11-4-2-3-5-15(11)32-18/h2-8,12,22H,9H2,1H3,(H,23,27)/t12-/m1/s1. The van der Waals surface area contributed by atoms with Gasteiger partial charge in [-0.05, 0) is 12.1 Å². The molecule has 1 saturated heterocycles.